The number of nitrogens with one attached hydrogen (secondary N) is 2. The van der Waals surface area contributed by atoms with Crippen molar-refractivity contribution in [2.45, 2.75) is 58.0 Å². The van der Waals surface area contributed by atoms with Gasteiger partial charge in [-0.2, -0.15) is 0 Å². The summed E-state index contributed by atoms with van der Waals surface area (Å²) in [5, 5.41) is 5.98. The molecule has 0 unspecified atom stereocenters. The minimum Gasteiger partial charge on any atom is -0.335 e. The fourth-order valence-electron chi connectivity index (χ4n) is 3.12. The van der Waals surface area contributed by atoms with Crippen LogP contribution in [0.2, 0.25) is 0 Å². The van der Waals surface area contributed by atoms with E-state index in [2.05, 4.69) is 34.0 Å². The van der Waals surface area contributed by atoms with Gasteiger partial charge in [-0.3, -0.25) is 0 Å². The summed E-state index contributed by atoms with van der Waals surface area (Å²) in [4.78, 5) is 16.5. The van der Waals surface area contributed by atoms with Crippen molar-refractivity contribution in [1.29, 1.82) is 0 Å². The van der Waals surface area contributed by atoms with Crippen molar-refractivity contribution in [1.82, 2.24) is 14.9 Å². The third-order valence-electron chi connectivity index (χ3n) is 4.33. The largest absolute Gasteiger partial charge is 0.335 e. The lowest BCUT2D eigenvalue weighted by molar-refractivity contribution is 0.244. The summed E-state index contributed by atoms with van der Waals surface area (Å²) in [6, 6.07) is 6.45. The lowest BCUT2D eigenvalue weighted by atomic mass is 9.96. The van der Waals surface area contributed by atoms with E-state index < -0.39 is 0 Å². The van der Waals surface area contributed by atoms with Crippen molar-refractivity contribution in [2.75, 3.05) is 5.32 Å². The standard InChI is InChI=1S/C17H24N4O/c1-12(2)21-11-18-15-10-14(8-9-16(15)21)20-17(22)19-13-6-4-3-5-7-13/h8-13H,3-7H2,1-2H3,(H2,19,20,22). The third kappa shape index (κ3) is 3.24. The highest BCUT2D eigenvalue weighted by molar-refractivity contribution is 5.92. The van der Waals surface area contributed by atoms with E-state index in [9.17, 15) is 4.79 Å². The second-order valence-corrected chi connectivity index (χ2v) is 6.38. The molecule has 1 aromatic heterocycles. The molecule has 1 heterocycles. The maximum Gasteiger partial charge on any atom is 0.319 e. The van der Waals surface area contributed by atoms with Crippen molar-refractivity contribution in [2.24, 2.45) is 0 Å². The third-order valence-corrected chi connectivity index (χ3v) is 4.33. The normalized spacial score (nSPS) is 16.1. The zero-order valence-corrected chi connectivity index (χ0v) is 13.3. The quantitative estimate of drug-likeness (QED) is 0.897. The number of urea groups is 1. The van der Waals surface area contributed by atoms with E-state index in [0.717, 1.165) is 29.6 Å². The van der Waals surface area contributed by atoms with Crippen LogP contribution >= 0.6 is 0 Å². The molecule has 2 N–H and O–H groups in total. The molecular weight excluding hydrogens is 276 g/mol. The number of fused-ring (bicyclic) bond motifs is 1. The summed E-state index contributed by atoms with van der Waals surface area (Å²) in [5.41, 5.74) is 2.78. The molecule has 22 heavy (non-hydrogen) atoms. The molecule has 1 aromatic carbocycles. The molecular formula is C17H24N4O. The molecule has 1 aliphatic carbocycles. The van der Waals surface area contributed by atoms with Crippen LogP contribution < -0.4 is 10.6 Å². The number of nitrogens with zero attached hydrogens (tertiary/aromatic N) is 2. The highest BCUT2D eigenvalue weighted by atomic mass is 16.2. The minimum absolute atomic E-state index is 0.116. The Morgan fingerprint density at radius 3 is 2.77 bits per heavy atom. The molecule has 5 nitrogen and oxygen atoms in total. The molecule has 3 rings (SSSR count). The maximum atomic E-state index is 12.1. The summed E-state index contributed by atoms with van der Waals surface area (Å²) < 4.78 is 2.13. The maximum absolute atomic E-state index is 12.1. The minimum atomic E-state index is -0.116. The fourth-order valence-corrected chi connectivity index (χ4v) is 3.12. The molecule has 1 aliphatic rings. The number of hydrogen-bond acceptors (Lipinski definition) is 2. The number of carbonyl (C=O) groups is 1. The van der Waals surface area contributed by atoms with Crippen LogP contribution in [0.25, 0.3) is 11.0 Å². The molecule has 0 radical (unpaired) electrons. The summed E-state index contributed by atoms with van der Waals surface area (Å²) in [7, 11) is 0. The number of carbonyl (C=O) groups excluding carboxylic acids is 1. The Balaban J connectivity index is 1.67. The summed E-state index contributed by atoms with van der Waals surface area (Å²) in [6.45, 7) is 4.26. The van der Waals surface area contributed by atoms with Gasteiger partial charge in [0.25, 0.3) is 0 Å². The van der Waals surface area contributed by atoms with Gasteiger partial charge in [-0.25, -0.2) is 9.78 Å². The molecule has 1 fully saturated rings. The SMILES string of the molecule is CC(C)n1cnc2cc(NC(=O)NC3CCCCC3)ccc21. The van der Waals surface area contributed by atoms with Crippen molar-refractivity contribution >= 4 is 22.8 Å². The van der Waals surface area contributed by atoms with E-state index in [-0.39, 0.29) is 6.03 Å². The first-order valence-electron chi connectivity index (χ1n) is 8.17. The Labute approximate surface area is 131 Å². The van der Waals surface area contributed by atoms with Crippen LogP contribution in [0, 0.1) is 0 Å². The summed E-state index contributed by atoms with van der Waals surface area (Å²) in [5.74, 6) is 0. The van der Waals surface area contributed by atoms with E-state index in [0.29, 0.717) is 12.1 Å². The van der Waals surface area contributed by atoms with Crippen molar-refractivity contribution in [3.05, 3.63) is 24.5 Å². The van der Waals surface area contributed by atoms with Crippen LogP contribution in [0.5, 0.6) is 0 Å². The van der Waals surface area contributed by atoms with E-state index in [1.807, 2.05) is 24.5 Å². The molecule has 2 aromatic rings. The number of benzene rings is 1. The molecule has 5 heteroatoms. The average molecular weight is 300 g/mol. The number of aromatic nitrogens is 2. The Hall–Kier alpha value is -2.04. The van der Waals surface area contributed by atoms with Gasteiger partial charge in [0, 0.05) is 17.8 Å². The van der Waals surface area contributed by atoms with Gasteiger partial charge in [0.05, 0.1) is 17.4 Å². The monoisotopic (exact) mass is 300 g/mol. The van der Waals surface area contributed by atoms with Crippen LogP contribution in [0.3, 0.4) is 0 Å². The van der Waals surface area contributed by atoms with Gasteiger partial charge in [-0.1, -0.05) is 19.3 Å². The van der Waals surface area contributed by atoms with Gasteiger partial charge in [-0.15, -0.1) is 0 Å². The number of anilines is 1. The molecule has 0 bridgehead atoms. The average Bonchev–Trinajstić information content (AvgIpc) is 2.91. The second-order valence-electron chi connectivity index (χ2n) is 6.38. The zero-order valence-electron chi connectivity index (χ0n) is 13.3. The second kappa shape index (κ2) is 6.38. The van der Waals surface area contributed by atoms with E-state index in [4.69, 9.17) is 0 Å². The number of amides is 2. The van der Waals surface area contributed by atoms with Gasteiger partial charge in [0.1, 0.15) is 0 Å². The predicted molar refractivity (Wildman–Crippen MR) is 89.1 cm³/mol. The molecule has 2 amide bonds. The molecule has 0 saturated heterocycles. The Morgan fingerprint density at radius 2 is 2.05 bits per heavy atom. The van der Waals surface area contributed by atoms with Gasteiger partial charge in [0.15, 0.2) is 0 Å². The van der Waals surface area contributed by atoms with Crippen molar-refractivity contribution < 1.29 is 4.79 Å². The summed E-state index contributed by atoms with van der Waals surface area (Å²) in [6.07, 6.45) is 7.74. The lowest BCUT2D eigenvalue weighted by Gasteiger charge is -2.22. The number of rotatable bonds is 3. The number of imidazole rings is 1. The van der Waals surface area contributed by atoms with E-state index >= 15 is 0 Å². The van der Waals surface area contributed by atoms with Crippen LogP contribution in [0.4, 0.5) is 10.5 Å². The van der Waals surface area contributed by atoms with Crippen LogP contribution in [0.15, 0.2) is 24.5 Å². The van der Waals surface area contributed by atoms with Crippen LogP contribution in [-0.2, 0) is 0 Å². The first kappa shape index (κ1) is 14.9. The van der Waals surface area contributed by atoms with Gasteiger partial charge >= 0.3 is 6.03 Å². The van der Waals surface area contributed by atoms with Gasteiger partial charge in [0.2, 0.25) is 0 Å². The van der Waals surface area contributed by atoms with Crippen molar-refractivity contribution in [3.63, 3.8) is 0 Å². The Morgan fingerprint density at radius 1 is 1.27 bits per heavy atom. The first-order chi connectivity index (χ1) is 10.6. The molecule has 1 saturated carbocycles. The topological polar surface area (TPSA) is 59.0 Å². The highest BCUT2D eigenvalue weighted by Gasteiger charge is 2.15. The highest BCUT2D eigenvalue weighted by Crippen LogP contribution is 2.21. The predicted octanol–water partition coefficient (Wildman–Crippen LogP) is 4.07. The Bertz CT molecular complexity index is 656. The van der Waals surface area contributed by atoms with Crippen LogP contribution in [0.1, 0.15) is 52.0 Å². The molecule has 0 aliphatic heterocycles. The van der Waals surface area contributed by atoms with Gasteiger partial charge < -0.3 is 15.2 Å². The Kier molecular flexibility index (Phi) is 4.32. The van der Waals surface area contributed by atoms with E-state index in [1.54, 1.807) is 0 Å². The van der Waals surface area contributed by atoms with Gasteiger partial charge in [-0.05, 0) is 44.9 Å². The summed E-state index contributed by atoms with van der Waals surface area (Å²) >= 11 is 0. The van der Waals surface area contributed by atoms with Crippen LogP contribution in [-0.4, -0.2) is 21.6 Å². The molecule has 118 valence electrons. The van der Waals surface area contributed by atoms with E-state index in [1.165, 1.54) is 19.3 Å². The first-order valence-corrected chi connectivity index (χ1v) is 8.17. The zero-order chi connectivity index (χ0) is 15.5. The molecule has 0 spiro atoms. The fraction of sp³-hybridized carbons (Fsp3) is 0.529. The lowest BCUT2D eigenvalue weighted by Crippen LogP contribution is -2.38. The molecule has 0 atom stereocenters. The smallest absolute Gasteiger partial charge is 0.319 e. The number of hydrogen-bond donors (Lipinski definition) is 2. The van der Waals surface area contributed by atoms with Crippen molar-refractivity contribution in [3.8, 4) is 0 Å².